The van der Waals surface area contributed by atoms with E-state index >= 15 is 0 Å². The van der Waals surface area contributed by atoms with Crippen LogP contribution in [0.15, 0.2) is 72.8 Å². The van der Waals surface area contributed by atoms with Gasteiger partial charge in [-0.05, 0) is 67.8 Å². The Kier molecular flexibility index (Phi) is 6.55. The van der Waals surface area contributed by atoms with E-state index in [0.717, 1.165) is 36.8 Å². The van der Waals surface area contributed by atoms with Gasteiger partial charge in [0.25, 0.3) is 0 Å². The summed E-state index contributed by atoms with van der Waals surface area (Å²) < 4.78 is 16.8. The molecule has 0 bridgehead atoms. The van der Waals surface area contributed by atoms with Crippen LogP contribution in [0.5, 0.6) is 17.2 Å². The topological polar surface area (TPSA) is 39.7 Å². The van der Waals surface area contributed by atoms with Gasteiger partial charge in [0, 0.05) is 12.5 Å². The van der Waals surface area contributed by atoms with E-state index in [-0.39, 0.29) is 6.10 Å². The molecule has 30 heavy (non-hydrogen) atoms. The molecular formula is C26H29NO3. The summed E-state index contributed by atoms with van der Waals surface area (Å²) in [6.45, 7) is 6.14. The Hall–Kier alpha value is -2.98. The van der Waals surface area contributed by atoms with Crippen LogP contribution in [0.3, 0.4) is 0 Å². The number of hydrogen-bond acceptors (Lipinski definition) is 4. The highest BCUT2D eigenvalue weighted by atomic mass is 16.7. The van der Waals surface area contributed by atoms with Crippen molar-refractivity contribution in [3.8, 4) is 17.2 Å². The Balaban J connectivity index is 1.38. The minimum absolute atomic E-state index is 0.195. The van der Waals surface area contributed by atoms with Gasteiger partial charge in [-0.2, -0.15) is 0 Å². The van der Waals surface area contributed by atoms with E-state index in [1.54, 1.807) is 0 Å². The first-order chi connectivity index (χ1) is 14.7. The number of rotatable bonds is 9. The summed E-state index contributed by atoms with van der Waals surface area (Å²) in [6.07, 6.45) is 1.19. The highest BCUT2D eigenvalue weighted by Crippen LogP contribution is 2.37. The van der Waals surface area contributed by atoms with Gasteiger partial charge in [-0.25, -0.2) is 0 Å². The Labute approximate surface area is 178 Å². The lowest BCUT2D eigenvalue weighted by Crippen LogP contribution is -2.18. The van der Waals surface area contributed by atoms with Crippen molar-refractivity contribution in [3.63, 3.8) is 0 Å². The molecule has 0 unspecified atom stereocenters. The third-order valence-electron chi connectivity index (χ3n) is 5.23. The SMILES string of the molecule is CC(C)Oc1ccc(CNCC[C@H](c2ccccc2)c2ccc3c(c2)OCO3)cc1. The second kappa shape index (κ2) is 9.68. The fourth-order valence-corrected chi connectivity index (χ4v) is 3.78. The lowest BCUT2D eigenvalue weighted by molar-refractivity contribution is 0.174. The Morgan fingerprint density at radius 2 is 1.63 bits per heavy atom. The van der Waals surface area contributed by atoms with Crippen LogP contribution in [0.2, 0.25) is 0 Å². The minimum Gasteiger partial charge on any atom is -0.491 e. The summed E-state index contributed by atoms with van der Waals surface area (Å²) in [6, 6.07) is 25.3. The standard InChI is InChI=1S/C26H29NO3/c1-19(2)30-23-11-8-20(9-12-23)17-27-15-14-24(21-6-4-3-5-7-21)22-10-13-25-26(16-22)29-18-28-25/h3-13,16,19,24,27H,14-15,17-18H2,1-2H3/t24-/m1/s1. The first kappa shape index (κ1) is 20.3. The maximum absolute atomic E-state index is 5.72. The van der Waals surface area contributed by atoms with E-state index in [9.17, 15) is 0 Å². The molecule has 1 N–H and O–H groups in total. The van der Waals surface area contributed by atoms with Crippen molar-refractivity contribution in [2.45, 2.75) is 38.8 Å². The van der Waals surface area contributed by atoms with Gasteiger partial charge in [0.05, 0.1) is 6.10 Å². The molecule has 1 aliphatic rings. The van der Waals surface area contributed by atoms with E-state index in [4.69, 9.17) is 14.2 Å². The molecule has 4 rings (SSSR count). The maximum atomic E-state index is 5.72. The molecule has 4 nitrogen and oxygen atoms in total. The summed E-state index contributed by atoms with van der Waals surface area (Å²) in [5, 5.41) is 3.59. The van der Waals surface area contributed by atoms with Gasteiger partial charge >= 0.3 is 0 Å². The highest BCUT2D eigenvalue weighted by Gasteiger charge is 2.19. The fraction of sp³-hybridized carbons (Fsp3) is 0.308. The van der Waals surface area contributed by atoms with Crippen molar-refractivity contribution in [1.82, 2.24) is 5.32 Å². The van der Waals surface area contributed by atoms with Gasteiger partial charge in [0.1, 0.15) is 5.75 Å². The minimum atomic E-state index is 0.195. The highest BCUT2D eigenvalue weighted by molar-refractivity contribution is 5.47. The third kappa shape index (κ3) is 5.14. The van der Waals surface area contributed by atoms with E-state index in [2.05, 4.69) is 59.9 Å². The van der Waals surface area contributed by atoms with Gasteiger partial charge in [-0.15, -0.1) is 0 Å². The van der Waals surface area contributed by atoms with Crippen molar-refractivity contribution in [1.29, 1.82) is 0 Å². The van der Waals surface area contributed by atoms with E-state index in [1.165, 1.54) is 16.7 Å². The average molecular weight is 404 g/mol. The Morgan fingerprint density at radius 1 is 0.867 bits per heavy atom. The molecule has 1 aliphatic heterocycles. The Bertz CT molecular complexity index is 938. The first-order valence-electron chi connectivity index (χ1n) is 10.6. The molecule has 1 heterocycles. The van der Waals surface area contributed by atoms with E-state index in [1.807, 2.05) is 32.0 Å². The zero-order valence-corrected chi connectivity index (χ0v) is 17.6. The van der Waals surface area contributed by atoms with Crippen molar-refractivity contribution >= 4 is 0 Å². The molecule has 0 spiro atoms. The van der Waals surface area contributed by atoms with Crippen LogP contribution in [0, 0.1) is 0 Å². The molecule has 0 aromatic heterocycles. The average Bonchev–Trinajstić information content (AvgIpc) is 3.23. The monoisotopic (exact) mass is 403 g/mol. The molecule has 0 fully saturated rings. The van der Waals surface area contributed by atoms with Crippen LogP contribution in [0.25, 0.3) is 0 Å². The van der Waals surface area contributed by atoms with Crippen LogP contribution in [-0.2, 0) is 6.54 Å². The molecule has 0 amide bonds. The van der Waals surface area contributed by atoms with Crippen molar-refractivity contribution in [3.05, 3.63) is 89.5 Å². The molecule has 3 aromatic carbocycles. The molecule has 156 valence electrons. The van der Waals surface area contributed by atoms with Crippen LogP contribution >= 0.6 is 0 Å². The van der Waals surface area contributed by atoms with Gasteiger partial charge in [0.2, 0.25) is 6.79 Å². The number of nitrogens with one attached hydrogen (secondary N) is 1. The number of ether oxygens (including phenoxy) is 3. The molecule has 0 radical (unpaired) electrons. The molecule has 0 saturated heterocycles. The van der Waals surface area contributed by atoms with Crippen molar-refractivity contribution in [2.24, 2.45) is 0 Å². The van der Waals surface area contributed by atoms with E-state index < -0.39 is 0 Å². The Morgan fingerprint density at radius 3 is 2.40 bits per heavy atom. The number of benzene rings is 3. The third-order valence-corrected chi connectivity index (χ3v) is 5.23. The molecule has 0 aliphatic carbocycles. The summed E-state index contributed by atoms with van der Waals surface area (Å²) in [4.78, 5) is 0. The zero-order chi connectivity index (χ0) is 20.8. The summed E-state index contributed by atoms with van der Waals surface area (Å²) >= 11 is 0. The summed E-state index contributed by atoms with van der Waals surface area (Å²) in [7, 11) is 0. The summed E-state index contributed by atoms with van der Waals surface area (Å²) in [5.74, 6) is 2.88. The van der Waals surface area contributed by atoms with Crippen LogP contribution in [-0.4, -0.2) is 19.4 Å². The quantitative estimate of drug-likeness (QED) is 0.478. The number of fused-ring (bicyclic) bond motifs is 1. The van der Waals surface area contributed by atoms with Crippen LogP contribution in [0.1, 0.15) is 42.9 Å². The summed E-state index contributed by atoms with van der Waals surface area (Å²) in [5.41, 5.74) is 3.82. The molecule has 3 aromatic rings. The van der Waals surface area contributed by atoms with Gasteiger partial charge in [0.15, 0.2) is 11.5 Å². The normalized spacial score (nSPS) is 13.4. The lowest BCUT2D eigenvalue weighted by Gasteiger charge is -2.19. The predicted octanol–water partition coefficient (Wildman–Crippen LogP) is 5.51. The molecular weight excluding hydrogens is 374 g/mol. The van der Waals surface area contributed by atoms with Gasteiger partial charge < -0.3 is 19.5 Å². The predicted molar refractivity (Wildman–Crippen MR) is 119 cm³/mol. The maximum Gasteiger partial charge on any atom is 0.231 e. The second-order valence-corrected chi connectivity index (χ2v) is 7.85. The van der Waals surface area contributed by atoms with Crippen molar-refractivity contribution in [2.75, 3.05) is 13.3 Å². The first-order valence-corrected chi connectivity index (χ1v) is 10.6. The van der Waals surface area contributed by atoms with Gasteiger partial charge in [-0.3, -0.25) is 0 Å². The molecule has 4 heteroatoms. The lowest BCUT2D eigenvalue weighted by atomic mass is 9.88. The fourth-order valence-electron chi connectivity index (χ4n) is 3.78. The van der Waals surface area contributed by atoms with E-state index in [0.29, 0.717) is 12.7 Å². The molecule has 0 saturated carbocycles. The largest absolute Gasteiger partial charge is 0.491 e. The second-order valence-electron chi connectivity index (χ2n) is 7.85. The zero-order valence-electron chi connectivity index (χ0n) is 17.6. The van der Waals surface area contributed by atoms with Gasteiger partial charge in [-0.1, -0.05) is 48.5 Å². The molecule has 1 atom stereocenters. The smallest absolute Gasteiger partial charge is 0.231 e. The van der Waals surface area contributed by atoms with Crippen molar-refractivity contribution < 1.29 is 14.2 Å². The van der Waals surface area contributed by atoms with Crippen LogP contribution in [0.4, 0.5) is 0 Å². The number of hydrogen-bond donors (Lipinski definition) is 1. The van der Waals surface area contributed by atoms with Crippen LogP contribution < -0.4 is 19.5 Å².